The van der Waals surface area contributed by atoms with Crippen LogP contribution in [0.5, 0.6) is 6.01 Å². The summed E-state index contributed by atoms with van der Waals surface area (Å²) in [6.45, 7) is 6.44. The van der Waals surface area contributed by atoms with E-state index < -0.39 is 0 Å². The summed E-state index contributed by atoms with van der Waals surface area (Å²) in [6, 6.07) is 6.54. The van der Waals surface area contributed by atoms with Crippen molar-refractivity contribution in [1.82, 2.24) is 15.0 Å². The quantitative estimate of drug-likeness (QED) is 0.883. The fourth-order valence-electron chi connectivity index (χ4n) is 1.52. The van der Waals surface area contributed by atoms with Crippen LogP contribution in [0.25, 0.3) is 0 Å². The second-order valence-electron chi connectivity index (χ2n) is 4.48. The molecule has 0 aliphatic rings. The fourth-order valence-corrected chi connectivity index (χ4v) is 2.31. The maximum atomic E-state index is 13.2. The molecule has 0 atom stereocenters. The predicted octanol–water partition coefficient (Wildman–Crippen LogP) is 3.38. The van der Waals surface area contributed by atoms with E-state index in [9.17, 15) is 4.39 Å². The number of hydrogen-bond acceptors (Lipinski definition) is 6. The third-order valence-corrected chi connectivity index (χ3v) is 3.13. The van der Waals surface area contributed by atoms with Crippen LogP contribution in [0.2, 0.25) is 0 Å². The summed E-state index contributed by atoms with van der Waals surface area (Å²) in [7, 11) is 0. The molecular formula is C14H17FN4OS. The SMILES string of the molecule is CCNc1nc(OC(C)C)nc(Sc2cccc(F)c2)n1. The lowest BCUT2D eigenvalue weighted by atomic mass is 10.4. The van der Waals surface area contributed by atoms with Crippen molar-refractivity contribution in [3.63, 3.8) is 0 Å². The van der Waals surface area contributed by atoms with E-state index in [-0.39, 0.29) is 17.9 Å². The van der Waals surface area contributed by atoms with Crippen molar-refractivity contribution in [2.24, 2.45) is 0 Å². The van der Waals surface area contributed by atoms with Crippen molar-refractivity contribution in [3.8, 4) is 6.01 Å². The second-order valence-corrected chi connectivity index (χ2v) is 5.52. The number of nitrogens with zero attached hydrogens (tertiary/aromatic N) is 3. The first-order chi connectivity index (χ1) is 10.1. The van der Waals surface area contributed by atoms with Gasteiger partial charge >= 0.3 is 6.01 Å². The molecule has 21 heavy (non-hydrogen) atoms. The van der Waals surface area contributed by atoms with E-state index in [1.54, 1.807) is 12.1 Å². The maximum absolute atomic E-state index is 13.2. The van der Waals surface area contributed by atoms with Gasteiger partial charge in [0.1, 0.15) is 5.82 Å². The zero-order valence-corrected chi connectivity index (χ0v) is 12.9. The molecule has 0 bridgehead atoms. The van der Waals surface area contributed by atoms with Crippen molar-refractivity contribution < 1.29 is 9.13 Å². The van der Waals surface area contributed by atoms with Gasteiger partial charge in [0.05, 0.1) is 6.10 Å². The predicted molar refractivity (Wildman–Crippen MR) is 80.3 cm³/mol. The fraction of sp³-hybridized carbons (Fsp3) is 0.357. The topological polar surface area (TPSA) is 59.9 Å². The smallest absolute Gasteiger partial charge is 0.322 e. The zero-order valence-electron chi connectivity index (χ0n) is 12.1. The molecule has 0 aliphatic heterocycles. The molecule has 5 nitrogen and oxygen atoms in total. The largest absolute Gasteiger partial charge is 0.461 e. The lowest BCUT2D eigenvalue weighted by Crippen LogP contribution is -2.11. The highest BCUT2D eigenvalue weighted by Gasteiger charge is 2.10. The highest BCUT2D eigenvalue weighted by atomic mass is 32.2. The van der Waals surface area contributed by atoms with E-state index in [1.165, 1.54) is 23.9 Å². The lowest BCUT2D eigenvalue weighted by Gasteiger charge is -2.10. The van der Waals surface area contributed by atoms with Gasteiger partial charge in [0.2, 0.25) is 11.1 Å². The molecule has 1 N–H and O–H groups in total. The number of anilines is 1. The molecule has 112 valence electrons. The number of aromatic nitrogens is 3. The van der Waals surface area contributed by atoms with Crippen molar-refractivity contribution in [3.05, 3.63) is 30.1 Å². The monoisotopic (exact) mass is 308 g/mol. The van der Waals surface area contributed by atoms with Crippen molar-refractivity contribution in [2.45, 2.75) is 36.9 Å². The Morgan fingerprint density at radius 1 is 1.29 bits per heavy atom. The summed E-state index contributed by atoms with van der Waals surface area (Å²) < 4.78 is 18.7. The summed E-state index contributed by atoms with van der Waals surface area (Å²) in [5, 5.41) is 3.49. The number of rotatable bonds is 6. The molecule has 0 spiro atoms. The Hall–Kier alpha value is -1.89. The third kappa shape index (κ3) is 4.86. The number of nitrogens with one attached hydrogen (secondary N) is 1. The van der Waals surface area contributed by atoms with Gasteiger partial charge in [0, 0.05) is 11.4 Å². The van der Waals surface area contributed by atoms with Crippen LogP contribution in [0.3, 0.4) is 0 Å². The maximum Gasteiger partial charge on any atom is 0.322 e. The van der Waals surface area contributed by atoms with Crippen LogP contribution in [-0.4, -0.2) is 27.6 Å². The third-order valence-electron chi connectivity index (χ3n) is 2.28. The van der Waals surface area contributed by atoms with E-state index in [0.717, 1.165) is 4.90 Å². The molecule has 0 aliphatic carbocycles. The van der Waals surface area contributed by atoms with Crippen LogP contribution in [-0.2, 0) is 0 Å². The van der Waals surface area contributed by atoms with Gasteiger partial charge in [-0.2, -0.15) is 15.0 Å². The first kappa shape index (κ1) is 15.5. The van der Waals surface area contributed by atoms with Crippen LogP contribution in [0.4, 0.5) is 10.3 Å². The van der Waals surface area contributed by atoms with Crippen LogP contribution in [0, 0.1) is 5.82 Å². The van der Waals surface area contributed by atoms with Crippen molar-refractivity contribution in [2.75, 3.05) is 11.9 Å². The van der Waals surface area contributed by atoms with Crippen LogP contribution < -0.4 is 10.1 Å². The molecule has 0 fully saturated rings. The summed E-state index contributed by atoms with van der Waals surface area (Å²) in [6.07, 6.45) is -0.0334. The van der Waals surface area contributed by atoms with Gasteiger partial charge in [-0.3, -0.25) is 0 Å². The standard InChI is InChI=1S/C14H17FN4OS/c1-4-16-12-17-13(20-9(2)3)19-14(18-12)21-11-7-5-6-10(15)8-11/h5-9H,4H2,1-3H3,(H,16,17,18,19). The average molecular weight is 308 g/mol. The van der Waals surface area contributed by atoms with Crippen molar-refractivity contribution >= 4 is 17.7 Å². The molecule has 0 saturated carbocycles. The molecule has 2 rings (SSSR count). The Kier molecular flexibility index (Phi) is 5.32. The highest BCUT2D eigenvalue weighted by molar-refractivity contribution is 7.99. The van der Waals surface area contributed by atoms with Crippen molar-refractivity contribution in [1.29, 1.82) is 0 Å². The zero-order chi connectivity index (χ0) is 15.2. The van der Waals surface area contributed by atoms with Gasteiger partial charge in [0.25, 0.3) is 0 Å². The minimum absolute atomic E-state index is 0.0334. The van der Waals surface area contributed by atoms with Crippen LogP contribution >= 0.6 is 11.8 Å². The molecule has 0 radical (unpaired) electrons. The van der Waals surface area contributed by atoms with E-state index in [2.05, 4.69) is 20.3 Å². The summed E-state index contributed by atoms with van der Waals surface area (Å²) >= 11 is 1.26. The Bertz CT molecular complexity index is 609. The number of ether oxygens (including phenoxy) is 1. The first-order valence-electron chi connectivity index (χ1n) is 6.67. The second kappa shape index (κ2) is 7.21. The molecule has 7 heteroatoms. The van der Waals surface area contributed by atoms with Crippen LogP contribution in [0.15, 0.2) is 34.3 Å². The number of halogens is 1. The summed E-state index contributed by atoms with van der Waals surface area (Å²) in [5.74, 6) is 0.154. The number of hydrogen-bond donors (Lipinski definition) is 1. The molecule has 2 aromatic rings. The van der Waals surface area contributed by atoms with Gasteiger partial charge < -0.3 is 10.1 Å². The lowest BCUT2D eigenvalue weighted by molar-refractivity contribution is 0.219. The minimum Gasteiger partial charge on any atom is -0.461 e. The van der Waals surface area contributed by atoms with Gasteiger partial charge in [-0.05, 0) is 50.7 Å². The highest BCUT2D eigenvalue weighted by Crippen LogP contribution is 2.26. The number of benzene rings is 1. The Labute approximate surface area is 127 Å². The average Bonchev–Trinajstić information content (AvgIpc) is 2.37. The molecule has 0 unspecified atom stereocenters. The molecule has 1 aromatic heterocycles. The van der Waals surface area contributed by atoms with E-state index in [1.807, 2.05) is 20.8 Å². The Morgan fingerprint density at radius 3 is 2.76 bits per heavy atom. The van der Waals surface area contributed by atoms with Crippen LogP contribution in [0.1, 0.15) is 20.8 Å². The Morgan fingerprint density at radius 2 is 2.10 bits per heavy atom. The van der Waals surface area contributed by atoms with E-state index in [4.69, 9.17) is 4.74 Å². The van der Waals surface area contributed by atoms with Gasteiger partial charge in [0.15, 0.2) is 0 Å². The van der Waals surface area contributed by atoms with Gasteiger partial charge in [-0.15, -0.1) is 0 Å². The van der Waals surface area contributed by atoms with Gasteiger partial charge in [-0.25, -0.2) is 4.39 Å². The molecule has 0 saturated heterocycles. The Balaban J connectivity index is 2.26. The molecule has 1 aromatic carbocycles. The van der Waals surface area contributed by atoms with E-state index in [0.29, 0.717) is 17.6 Å². The van der Waals surface area contributed by atoms with E-state index >= 15 is 0 Å². The first-order valence-corrected chi connectivity index (χ1v) is 7.48. The molecular weight excluding hydrogens is 291 g/mol. The summed E-state index contributed by atoms with van der Waals surface area (Å²) in [4.78, 5) is 13.4. The molecule has 1 heterocycles. The van der Waals surface area contributed by atoms with Gasteiger partial charge in [-0.1, -0.05) is 6.07 Å². The molecule has 0 amide bonds. The minimum atomic E-state index is -0.292. The normalized spacial score (nSPS) is 10.7. The summed E-state index contributed by atoms with van der Waals surface area (Å²) in [5.41, 5.74) is 0.